The first-order valence-corrected chi connectivity index (χ1v) is 6.27. The van der Waals surface area contributed by atoms with Gasteiger partial charge in [-0.15, -0.1) is 5.10 Å². The first-order valence-electron chi connectivity index (χ1n) is 6.27. The molecule has 0 aliphatic heterocycles. The Balaban J connectivity index is 1.80. The van der Waals surface area contributed by atoms with Gasteiger partial charge in [-0.25, -0.2) is 14.6 Å². The first kappa shape index (κ1) is 11.8. The molecule has 1 aliphatic carbocycles. The van der Waals surface area contributed by atoms with Crippen LogP contribution in [0.1, 0.15) is 29.8 Å². The summed E-state index contributed by atoms with van der Waals surface area (Å²) in [6.45, 7) is 2.83. The molecule has 0 spiro atoms. The van der Waals surface area contributed by atoms with Gasteiger partial charge >= 0.3 is 0 Å². The van der Waals surface area contributed by atoms with Gasteiger partial charge in [0.25, 0.3) is 5.82 Å². The van der Waals surface area contributed by atoms with Gasteiger partial charge in [-0.1, -0.05) is 0 Å². The molecular weight excluding hydrogens is 240 g/mol. The highest BCUT2D eigenvalue weighted by atomic mass is 15.4. The van der Waals surface area contributed by atoms with Gasteiger partial charge in [0.1, 0.15) is 12.4 Å². The third kappa shape index (κ3) is 2.61. The molecule has 96 valence electrons. The maximum Gasteiger partial charge on any atom is 0.252 e. The van der Waals surface area contributed by atoms with Crippen LogP contribution in [0.25, 0.3) is 5.82 Å². The summed E-state index contributed by atoms with van der Waals surface area (Å²) in [4.78, 5) is 8.29. The maximum absolute atomic E-state index is 8.72. The second kappa shape index (κ2) is 4.78. The third-order valence-corrected chi connectivity index (χ3v) is 3.09. The maximum atomic E-state index is 8.72. The van der Waals surface area contributed by atoms with Gasteiger partial charge in [0, 0.05) is 18.8 Å². The fourth-order valence-electron chi connectivity index (χ4n) is 1.93. The molecule has 0 radical (unpaired) electrons. The second-order valence-corrected chi connectivity index (χ2v) is 4.76. The summed E-state index contributed by atoms with van der Waals surface area (Å²) in [7, 11) is 0. The van der Waals surface area contributed by atoms with E-state index in [1.54, 1.807) is 0 Å². The molecule has 0 atom stereocenters. The molecule has 19 heavy (non-hydrogen) atoms. The van der Waals surface area contributed by atoms with E-state index in [2.05, 4.69) is 26.4 Å². The smallest absolute Gasteiger partial charge is 0.252 e. The lowest BCUT2D eigenvalue weighted by Crippen LogP contribution is -2.16. The van der Waals surface area contributed by atoms with Crippen molar-refractivity contribution in [3.63, 3.8) is 0 Å². The zero-order valence-electron chi connectivity index (χ0n) is 10.7. The van der Waals surface area contributed by atoms with Crippen LogP contribution < -0.4 is 5.32 Å². The van der Waals surface area contributed by atoms with Crippen LogP contribution in [0, 0.1) is 18.3 Å². The molecule has 2 aromatic rings. The summed E-state index contributed by atoms with van der Waals surface area (Å²) >= 11 is 0. The average molecular weight is 254 g/mol. The second-order valence-electron chi connectivity index (χ2n) is 4.76. The lowest BCUT2D eigenvalue weighted by atomic mass is 10.2. The van der Waals surface area contributed by atoms with Gasteiger partial charge < -0.3 is 5.32 Å². The van der Waals surface area contributed by atoms with Crippen LogP contribution in [-0.2, 0) is 6.54 Å². The van der Waals surface area contributed by atoms with Crippen LogP contribution in [0.4, 0.5) is 0 Å². The van der Waals surface area contributed by atoms with Crippen LogP contribution >= 0.6 is 0 Å². The van der Waals surface area contributed by atoms with Crippen molar-refractivity contribution in [2.24, 2.45) is 0 Å². The number of pyridine rings is 1. The highest BCUT2D eigenvalue weighted by molar-refractivity contribution is 5.34. The Labute approximate surface area is 111 Å². The third-order valence-electron chi connectivity index (χ3n) is 3.09. The van der Waals surface area contributed by atoms with E-state index in [1.807, 2.05) is 19.2 Å². The monoisotopic (exact) mass is 254 g/mol. The summed E-state index contributed by atoms with van der Waals surface area (Å²) in [6.07, 6.45) is 5.90. The molecule has 1 saturated carbocycles. The van der Waals surface area contributed by atoms with Gasteiger partial charge in [-0.3, -0.25) is 0 Å². The van der Waals surface area contributed by atoms with Crippen molar-refractivity contribution in [1.29, 1.82) is 5.26 Å². The molecule has 1 fully saturated rings. The number of aryl methyl sites for hydroxylation is 1. The van der Waals surface area contributed by atoms with E-state index < -0.39 is 0 Å². The predicted molar refractivity (Wildman–Crippen MR) is 68.5 cm³/mol. The molecule has 2 heterocycles. The van der Waals surface area contributed by atoms with Crippen molar-refractivity contribution in [2.45, 2.75) is 32.4 Å². The number of nitriles is 1. The molecule has 6 nitrogen and oxygen atoms in total. The Morgan fingerprint density at radius 2 is 2.32 bits per heavy atom. The van der Waals surface area contributed by atoms with Gasteiger partial charge in [0.2, 0.25) is 0 Å². The topological polar surface area (TPSA) is 79.4 Å². The van der Waals surface area contributed by atoms with Gasteiger partial charge in [0.05, 0.1) is 0 Å². The summed E-state index contributed by atoms with van der Waals surface area (Å²) in [5.41, 5.74) is 2.18. The highest BCUT2D eigenvalue weighted by Gasteiger charge is 2.20. The van der Waals surface area contributed by atoms with E-state index in [0.29, 0.717) is 11.9 Å². The van der Waals surface area contributed by atoms with E-state index in [1.165, 1.54) is 23.9 Å². The van der Waals surface area contributed by atoms with Gasteiger partial charge in [-0.05, 0) is 37.0 Å². The van der Waals surface area contributed by atoms with Crippen LogP contribution in [0.3, 0.4) is 0 Å². The highest BCUT2D eigenvalue weighted by Crippen LogP contribution is 2.19. The van der Waals surface area contributed by atoms with E-state index >= 15 is 0 Å². The molecule has 1 aliphatic rings. The average Bonchev–Trinajstić information content (AvgIpc) is 3.13. The summed E-state index contributed by atoms with van der Waals surface area (Å²) in [5.74, 6) is 0.866. The number of nitrogens with one attached hydrogen (secondary N) is 1. The minimum atomic E-state index is 0.153. The van der Waals surface area contributed by atoms with E-state index in [0.717, 1.165) is 17.7 Å². The van der Waals surface area contributed by atoms with Crippen molar-refractivity contribution < 1.29 is 0 Å². The minimum Gasteiger partial charge on any atom is -0.310 e. The van der Waals surface area contributed by atoms with E-state index in [-0.39, 0.29) is 5.82 Å². The molecule has 0 unspecified atom stereocenters. The Kier molecular flexibility index (Phi) is 2.97. The summed E-state index contributed by atoms with van der Waals surface area (Å²) in [6, 6.07) is 4.68. The molecule has 0 amide bonds. The largest absolute Gasteiger partial charge is 0.310 e. The molecule has 6 heteroatoms. The van der Waals surface area contributed by atoms with Crippen LogP contribution in [0.5, 0.6) is 0 Å². The molecular formula is C13H14N6. The molecule has 0 saturated heterocycles. The number of hydrogen-bond donors (Lipinski definition) is 1. The summed E-state index contributed by atoms with van der Waals surface area (Å²) in [5, 5.41) is 16.2. The Bertz CT molecular complexity index is 635. The zero-order chi connectivity index (χ0) is 13.2. The molecule has 0 bridgehead atoms. The van der Waals surface area contributed by atoms with E-state index in [4.69, 9.17) is 5.26 Å². The quantitative estimate of drug-likeness (QED) is 0.883. The molecule has 2 aromatic heterocycles. The van der Waals surface area contributed by atoms with Gasteiger partial charge in [-0.2, -0.15) is 5.26 Å². The van der Waals surface area contributed by atoms with E-state index in [9.17, 15) is 0 Å². The minimum absolute atomic E-state index is 0.153. The van der Waals surface area contributed by atoms with Crippen molar-refractivity contribution in [2.75, 3.05) is 0 Å². The normalized spacial score (nSPS) is 14.3. The Morgan fingerprint density at radius 3 is 2.95 bits per heavy atom. The van der Waals surface area contributed by atoms with Crippen molar-refractivity contribution >= 4 is 0 Å². The first-order chi connectivity index (χ1) is 9.26. The zero-order valence-corrected chi connectivity index (χ0v) is 10.7. The predicted octanol–water partition coefficient (Wildman–Crippen LogP) is 1.09. The number of rotatable bonds is 4. The lowest BCUT2D eigenvalue weighted by molar-refractivity contribution is 0.684. The Hall–Kier alpha value is -2.26. The standard InChI is InChI=1S/C13H14N6/c1-9-4-10(6-15-11-2-3-11)7-16-13(9)19-8-17-12(5-14)18-19/h4,7-8,11,15H,2-3,6H2,1H3. The van der Waals surface area contributed by atoms with Crippen LogP contribution in [0.2, 0.25) is 0 Å². The number of nitrogens with zero attached hydrogens (tertiary/aromatic N) is 5. The van der Waals surface area contributed by atoms with Crippen molar-refractivity contribution in [1.82, 2.24) is 25.1 Å². The fourth-order valence-corrected chi connectivity index (χ4v) is 1.93. The van der Waals surface area contributed by atoms with Gasteiger partial charge in [0.15, 0.2) is 5.82 Å². The Morgan fingerprint density at radius 1 is 1.47 bits per heavy atom. The molecule has 3 rings (SSSR count). The number of hydrogen-bond acceptors (Lipinski definition) is 5. The van der Waals surface area contributed by atoms with Crippen molar-refractivity contribution in [3.8, 4) is 11.9 Å². The van der Waals surface area contributed by atoms with Crippen LogP contribution in [0.15, 0.2) is 18.6 Å². The lowest BCUT2D eigenvalue weighted by Gasteiger charge is -2.07. The molecule has 1 N–H and O–H groups in total. The van der Waals surface area contributed by atoms with Crippen molar-refractivity contribution in [3.05, 3.63) is 35.5 Å². The summed E-state index contributed by atoms with van der Waals surface area (Å²) < 4.78 is 1.53. The number of aromatic nitrogens is 4. The van der Waals surface area contributed by atoms with Crippen LogP contribution in [-0.4, -0.2) is 25.8 Å². The molecule has 0 aromatic carbocycles. The fraction of sp³-hybridized carbons (Fsp3) is 0.385. The SMILES string of the molecule is Cc1cc(CNC2CC2)cnc1-n1cnc(C#N)n1.